The van der Waals surface area contributed by atoms with Crippen molar-refractivity contribution < 1.29 is 14.3 Å². The third kappa shape index (κ3) is 3.15. The average Bonchev–Trinajstić information content (AvgIpc) is 2.27. The van der Waals surface area contributed by atoms with E-state index in [2.05, 4.69) is 0 Å². The predicted octanol–water partition coefficient (Wildman–Crippen LogP) is 2.30. The molecule has 0 unspecified atom stereocenters. The topological polar surface area (TPSA) is 35.5 Å². The Bertz CT molecular complexity index is 347. The molecule has 1 aromatic rings. The molecular formula is C13H16O3. The Morgan fingerprint density at radius 1 is 1.31 bits per heavy atom. The SMILES string of the molecule is C[C@@H]1CC(=O)C[C@H](OCc2ccccc2)O1. The van der Waals surface area contributed by atoms with Crippen LogP contribution in [-0.4, -0.2) is 18.2 Å². The highest BCUT2D eigenvalue weighted by molar-refractivity contribution is 5.79. The molecule has 2 rings (SSSR count). The zero-order valence-electron chi connectivity index (χ0n) is 9.39. The van der Waals surface area contributed by atoms with Crippen LogP contribution in [0.1, 0.15) is 25.3 Å². The smallest absolute Gasteiger partial charge is 0.165 e. The minimum Gasteiger partial charge on any atom is -0.349 e. The Morgan fingerprint density at radius 3 is 2.75 bits per heavy atom. The molecule has 0 spiro atoms. The Balaban J connectivity index is 1.84. The summed E-state index contributed by atoms with van der Waals surface area (Å²) >= 11 is 0. The molecule has 0 amide bonds. The normalized spacial score (nSPS) is 25.7. The minimum absolute atomic E-state index is 0.0259. The van der Waals surface area contributed by atoms with Gasteiger partial charge in [-0.15, -0.1) is 0 Å². The van der Waals surface area contributed by atoms with Gasteiger partial charge in [0.05, 0.1) is 19.1 Å². The van der Waals surface area contributed by atoms with Gasteiger partial charge in [-0.25, -0.2) is 0 Å². The number of hydrogen-bond donors (Lipinski definition) is 0. The first-order valence-electron chi connectivity index (χ1n) is 5.57. The number of Topliss-reactive ketones (excluding diaryl/α,β-unsaturated/α-hetero) is 1. The van der Waals surface area contributed by atoms with Crippen molar-refractivity contribution in [1.29, 1.82) is 0 Å². The van der Waals surface area contributed by atoms with E-state index in [0.717, 1.165) is 5.56 Å². The second-order valence-electron chi connectivity index (χ2n) is 4.12. The fourth-order valence-electron chi connectivity index (χ4n) is 1.81. The maximum absolute atomic E-state index is 11.3. The van der Waals surface area contributed by atoms with Crippen LogP contribution in [0.3, 0.4) is 0 Å². The standard InChI is InChI=1S/C13H16O3/c1-10-7-12(14)8-13(16-10)15-9-11-5-3-2-4-6-11/h2-6,10,13H,7-9H2,1H3/t10-,13-/m1/s1. The Labute approximate surface area is 95.4 Å². The maximum atomic E-state index is 11.3. The zero-order valence-corrected chi connectivity index (χ0v) is 9.39. The summed E-state index contributed by atoms with van der Waals surface area (Å²) in [5.41, 5.74) is 1.09. The number of carbonyl (C=O) groups is 1. The largest absolute Gasteiger partial charge is 0.349 e. The van der Waals surface area contributed by atoms with E-state index in [1.54, 1.807) is 0 Å². The fourth-order valence-corrected chi connectivity index (χ4v) is 1.81. The van der Waals surface area contributed by atoms with E-state index in [1.807, 2.05) is 37.3 Å². The van der Waals surface area contributed by atoms with Gasteiger partial charge in [-0.3, -0.25) is 4.79 Å². The summed E-state index contributed by atoms with van der Waals surface area (Å²) in [6.45, 7) is 2.39. The first kappa shape index (κ1) is 11.3. The average molecular weight is 220 g/mol. The van der Waals surface area contributed by atoms with E-state index in [4.69, 9.17) is 9.47 Å². The van der Waals surface area contributed by atoms with Crippen LogP contribution < -0.4 is 0 Å². The summed E-state index contributed by atoms with van der Waals surface area (Å²) in [4.78, 5) is 11.3. The van der Waals surface area contributed by atoms with E-state index in [0.29, 0.717) is 19.4 Å². The lowest BCUT2D eigenvalue weighted by molar-refractivity contribution is -0.195. The van der Waals surface area contributed by atoms with Crippen molar-refractivity contribution in [2.45, 2.75) is 38.8 Å². The fraction of sp³-hybridized carbons (Fsp3) is 0.462. The van der Waals surface area contributed by atoms with Crippen molar-refractivity contribution in [2.24, 2.45) is 0 Å². The molecule has 0 saturated carbocycles. The molecule has 3 heteroatoms. The van der Waals surface area contributed by atoms with Crippen LogP contribution in [0.15, 0.2) is 30.3 Å². The van der Waals surface area contributed by atoms with Crippen LogP contribution in [0.5, 0.6) is 0 Å². The summed E-state index contributed by atoms with van der Waals surface area (Å²) in [6, 6.07) is 9.89. The summed E-state index contributed by atoms with van der Waals surface area (Å²) < 4.78 is 11.1. The van der Waals surface area contributed by atoms with Gasteiger partial charge in [0.2, 0.25) is 0 Å². The molecule has 0 aliphatic carbocycles. The molecule has 0 radical (unpaired) electrons. The molecule has 2 atom stereocenters. The quantitative estimate of drug-likeness (QED) is 0.784. The van der Waals surface area contributed by atoms with Gasteiger partial charge in [0.1, 0.15) is 5.78 Å². The van der Waals surface area contributed by atoms with Crippen LogP contribution in [0.2, 0.25) is 0 Å². The van der Waals surface area contributed by atoms with Crippen molar-refractivity contribution in [2.75, 3.05) is 0 Å². The van der Waals surface area contributed by atoms with E-state index >= 15 is 0 Å². The second kappa shape index (κ2) is 5.23. The van der Waals surface area contributed by atoms with Gasteiger partial charge in [0.25, 0.3) is 0 Å². The van der Waals surface area contributed by atoms with Crippen molar-refractivity contribution in [1.82, 2.24) is 0 Å². The van der Waals surface area contributed by atoms with Crippen LogP contribution >= 0.6 is 0 Å². The maximum Gasteiger partial charge on any atom is 0.165 e. The lowest BCUT2D eigenvalue weighted by Crippen LogP contribution is -2.33. The van der Waals surface area contributed by atoms with Crippen LogP contribution in [0, 0.1) is 0 Å². The minimum atomic E-state index is -0.378. The Kier molecular flexibility index (Phi) is 3.70. The number of ether oxygens (including phenoxy) is 2. The zero-order chi connectivity index (χ0) is 11.4. The molecule has 0 bridgehead atoms. The van der Waals surface area contributed by atoms with Gasteiger partial charge in [-0.05, 0) is 12.5 Å². The van der Waals surface area contributed by atoms with Crippen molar-refractivity contribution in [3.05, 3.63) is 35.9 Å². The van der Waals surface area contributed by atoms with Gasteiger partial charge in [0, 0.05) is 6.42 Å². The highest BCUT2D eigenvalue weighted by atomic mass is 16.7. The van der Waals surface area contributed by atoms with E-state index in [-0.39, 0.29) is 18.2 Å². The molecule has 0 N–H and O–H groups in total. The molecule has 1 aromatic carbocycles. The predicted molar refractivity (Wildman–Crippen MR) is 59.8 cm³/mol. The third-order valence-electron chi connectivity index (χ3n) is 2.57. The van der Waals surface area contributed by atoms with Gasteiger partial charge in [-0.1, -0.05) is 30.3 Å². The van der Waals surface area contributed by atoms with Crippen LogP contribution in [0.4, 0.5) is 0 Å². The molecular weight excluding hydrogens is 204 g/mol. The summed E-state index contributed by atoms with van der Waals surface area (Å²) in [7, 11) is 0. The molecule has 1 aliphatic heterocycles. The number of rotatable bonds is 3. The van der Waals surface area contributed by atoms with Crippen LogP contribution in [0.25, 0.3) is 0 Å². The summed E-state index contributed by atoms with van der Waals surface area (Å²) in [5, 5.41) is 0. The first-order chi connectivity index (χ1) is 7.74. The second-order valence-corrected chi connectivity index (χ2v) is 4.12. The molecule has 1 aliphatic rings. The van der Waals surface area contributed by atoms with E-state index in [9.17, 15) is 4.79 Å². The lowest BCUT2D eigenvalue weighted by atomic mass is 10.1. The number of hydrogen-bond acceptors (Lipinski definition) is 3. The Hall–Kier alpha value is -1.19. The molecule has 0 aromatic heterocycles. The van der Waals surface area contributed by atoms with E-state index in [1.165, 1.54) is 0 Å². The monoisotopic (exact) mass is 220 g/mol. The Morgan fingerprint density at radius 2 is 2.06 bits per heavy atom. The molecule has 1 heterocycles. The number of benzene rings is 1. The highest BCUT2D eigenvalue weighted by Crippen LogP contribution is 2.18. The summed E-state index contributed by atoms with van der Waals surface area (Å²) in [6.07, 6.45) is 0.473. The number of ketones is 1. The molecule has 3 nitrogen and oxygen atoms in total. The van der Waals surface area contributed by atoms with Gasteiger partial charge < -0.3 is 9.47 Å². The third-order valence-corrected chi connectivity index (χ3v) is 2.57. The molecule has 1 fully saturated rings. The van der Waals surface area contributed by atoms with Crippen molar-refractivity contribution in [3.8, 4) is 0 Å². The van der Waals surface area contributed by atoms with Crippen molar-refractivity contribution in [3.63, 3.8) is 0 Å². The number of carbonyl (C=O) groups excluding carboxylic acids is 1. The lowest BCUT2D eigenvalue weighted by Gasteiger charge is -2.26. The van der Waals surface area contributed by atoms with Gasteiger partial charge in [-0.2, -0.15) is 0 Å². The first-order valence-corrected chi connectivity index (χ1v) is 5.57. The summed E-state index contributed by atoms with van der Waals surface area (Å²) in [5.74, 6) is 0.219. The van der Waals surface area contributed by atoms with E-state index < -0.39 is 0 Å². The molecule has 86 valence electrons. The van der Waals surface area contributed by atoms with Gasteiger partial charge >= 0.3 is 0 Å². The van der Waals surface area contributed by atoms with Crippen LogP contribution in [-0.2, 0) is 20.9 Å². The van der Waals surface area contributed by atoms with Gasteiger partial charge in [0.15, 0.2) is 6.29 Å². The molecule has 16 heavy (non-hydrogen) atoms. The molecule has 1 saturated heterocycles. The van der Waals surface area contributed by atoms with Crippen molar-refractivity contribution >= 4 is 5.78 Å². The highest BCUT2D eigenvalue weighted by Gasteiger charge is 2.25.